The van der Waals surface area contributed by atoms with Crippen LogP contribution in [0.15, 0.2) is 28.7 Å². The molecule has 148 valence electrons. The van der Waals surface area contributed by atoms with Gasteiger partial charge < -0.3 is 20.0 Å². The number of fused-ring (bicyclic) bond motifs is 3. The van der Waals surface area contributed by atoms with Crippen molar-refractivity contribution in [2.45, 2.75) is 32.3 Å². The van der Waals surface area contributed by atoms with Gasteiger partial charge in [-0.05, 0) is 31.2 Å². The summed E-state index contributed by atoms with van der Waals surface area (Å²) in [4.78, 5) is 11.6. The molecule has 9 nitrogen and oxygen atoms in total. The van der Waals surface area contributed by atoms with Crippen molar-refractivity contribution in [3.8, 4) is 23.3 Å². The van der Waals surface area contributed by atoms with Crippen LogP contribution in [0.25, 0.3) is 5.69 Å². The first-order valence-electron chi connectivity index (χ1n) is 8.98. The molecule has 3 N–H and O–H groups in total. The maximum absolute atomic E-state index is 11.6. The normalized spacial score (nSPS) is 17.0. The van der Waals surface area contributed by atoms with Gasteiger partial charge in [-0.1, -0.05) is 18.8 Å². The number of aryl methyl sites for hydroxylation is 1. The molecule has 4 rings (SSSR count). The number of aliphatic hydroxyl groups is 1. The van der Waals surface area contributed by atoms with Gasteiger partial charge in [0, 0.05) is 18.4 Å². The molecule has 0 radical (unpaired) electrons. The summed E-state index contributed by atoms with van der Waals surface area (Å²) in [6.07, 6.45) is 0. The molecule has 29 heavy (non-hydrogen) atoms. The van der Waals surface area contributed by atoms with Gasteiger partial charge in [0.05, 0.1) is 12.3 Å². The van der Waals surface area contributed by atoms with E-state index in [0.717, 1.165) is 5.69 Å². The molecule has 2 atom stereocenters. The number of ether oxygens (including phenoxy) is 1. The third-order valence-corrected chi connectivity index (χ3v) is 4.56. The highest BCUT2D eigenvalue weighted by Gasteiger charge is 2.27. The molecule has 0 spiro atoms. The van der Waals surface area contributed by atoms with Crippen LogP contribution in [0.2, 0.25) is 0 Å². The molecule has 9 heteroatoms. The molecule has 1 aliphatic rings. The van der Waals surface area contributed by atoms with Crippen molar-refractivity contribution in [3.63, 3.8) is 0 Å². The summed E-state index contributed by atoms with van der Waals surface area (Å²) in [6, 6.07) is 7.00. The van der Waals surface area contributed by atoms with Crippen LogP contribution < -0.4 is 10.5 Å². The summed E-state index contributed by atoms with van der Waals surface area (Å²) >= 11 is 0. The van der Waals surface area contributed by atoms with Crippen LogP contribution >= 0.6 is 0 Å². The first kappa shape index (κ1) is 18.7. The number of nitrogens with zero attached hydrogens (tertiary/aromatic N) is 4. The van der Waals surface area contributed by atoms with Crippen molar-refractivity contribution in [1.29, 1.82) is 0 Å². The Hall–Kier alpha value is -3.64. The third-order valence-electron chi connectivity index (χ3n) is 4.56. The minimum absolute atomic E-state index is 0.0130. The highest BCUT2D eigenvalue weighted by Crippen LogP contribution is 2.32. The molecule has 3 aromatic rings. The lowest BCUT2D eigenvalue weighted by atomic mass is 10.1. The van der Waals surface area contributed by atoms with Gasteiger partial charge in [-0.2, -0.15) is 5.10 Å². The Balaban J connectivity index is 1.76. The van der Waals surface area contributed by atoms with E-state index in [-0.39, 0.29) is 17.5 Å². The van der Waals surface area contributed by atoms with E-state index >= 15 is 0 Å². The number of benzene rings is 1. The Morgan fingerprint density at radius 1 is 1.38 bits per heavy atom. The fourth-order valence-corrected chi connectivity index (χ4v) is 2.98. The Bertz CT molecular complexity index is 1170. The fraction of sp³-hybridized carbons (Fsp3) is 0.300. The van der Waals surface area contributed by atoms with Crippen molar-refractivity contribution in [3.05, 3.63) is 53.0 Å². The highest BCUT2D eigenvalue weighted by molar-refractivity contribution is 5.91. The number of aromatic nitrogens is 4. The summed E-state index contributed by atoms with van der Waals surface area (Å²) in [5, 5.41) is 22.4. The molecule has 0 saturated heterocycles. The number of hydrogen-bond acceptors (Lipinski definition) is 7. The van der Waals surface area contributed by atoms with E-state index in [9.17, 15) is 9.90 Å². The number of hydrogen-bond donors (Lipinski definition) is 2. The van der Waals surface area contributed by atoms with E-state index in [0.29, 0.717) is 29.5 Å². The standard InChI is InChI=1S/C20H19N5O4/c1-11-10-28-17-5-4-13(6-7-20(3,27)19-23-22-12(2)29-19)8-16(17)25-15(11)9-14(24-25)18(21)26/h4-5,8-9,11,27H,10H2,1-3H3,(H2,21,26)/t11?,20-/m1/s1. The molecular formula is C20H19N5O4. The molecule has 2 aromatic heterocycles. The van der Waals surface area contributed by atoms with E-state index in [2.05, 4.69) is 27.1 Å². The van der Waals surface area contributed by atoms with E-state index in [4.69, 9.17) is 14.9 Å². The van der Waals surface area contributed by atoms with E-state index in [1.165, 1.54) is 6.92 Å². The van der Waals surface area contributed by atoms with Gasteiger partial charge in [-0.15, -0.1) is 10.2 Å². The summed E-state index contributed by atoms with van der Waals surface area (Å²) in [6.45, 7) is 5.53. The number of nitrogens with two attached hydrogens (primary N) is 1. The number of rotatable bonds is 2. The lowest BCUT2D eigenvalue weighted by Crippen LogP contribution is -2.19. The van der Waals surface area contributed by atoms with Crippen LogP contribution in [-0.2, 0) is 5.60 Å². The molecule has 1 aromatic carbocycles. The van der Waals surface area contributed by atoms with Gasteiger partial charge in [0.25, 0.3) is 11.8 Å². The van der Waals surface area contributed by atoms with E-state index in [1.54, 1.807) is 35.9 Å². The Labute approximate surface area is 166 Å². The molecule has 1 amide bonds. The zero-order valence-electron chi connectivity index (χ0n) is 16.1. The predicted octanol–water partition coefficient (Wildman–Crippen LogP) is 1.42. The van der Waals surface area contributed by atoms with Crippen LogP contribution in [0.5, 0.6) is 5.75 Å². The van der Waals surface area contributed by atoms with Crippen molar-refractivity contribution in [1.82, 2.24) is 20.0 Å². The second-order valence-electron chi connectivity index (χ2n) is 7.07. The van der Waals surface area contributed by atoms with Crippen LogP contribution in [-0.4, -0.2) is 37.6 Å². The van der Waals surface area contributed by atoms with Gasteiger partial charge in [-0.25, -0.2) is 4.68 Å². The Morgan fingerprint density at radius 2 is 2.17 bits per heavy atom. The molecule has 1 unspecified atom stereocenters. The average molecular weight is 393 g/mol. The quantitative estimate of drug-likeness (QED) is 0.630. The highest BCUT2D eigenvalue weighted by atomic mass is 16.5. The van der Waals surface area contributed by atoms with Crippen LogP contribution in [0.1, 0.15) is 53.3 Å². The molecule has 1 aliphatic heterocycles. The second-order valence-corrected chi connectivity index (χ2v) is 7.07. The topological polar surface area (TPSA) is 129 Å². The maximum Gasteiger partial charge on any atom is 0.269 e. The van der Waals surface area contributed by atoms with Gasteiger partial charge in [0.2, 0.25) is 11.5 Å². The largest absolute Gasteiger partial charge is 0.491 e. The fourth-order valence-electron chi connectivity index (χ4n) is 2.98. The molecular weight excluding hydrogens is 374 g/mol. The smallest absolute Gasteiger partial charge is 0.269 e. The minimum Gasteiger partial charge on any atom is -0.491 e. The van der Waals surface area contributed by atoms with Gasteiger partial charge in [0.1, 0.15) is 11.4 Å². The number of carbonyl (C=O) groups is 1. The molecule has 0 aliphatic carbocycles. The number of amides is 1. The zero-order valence-corrected chi connectivity index (χ0v) is 16.1. The SMILES string of the molecule is Cc1nnc([C@](C)(O)C#Cc2ccc3c(c2)-n2nc(C(N)=O)cc2C(C)CO3)o1. The first-order chi connectivity index (χ1) is 13.7. The summed E-state index contributed by atoms with van der Waals surface area (Å²) in [5.74, 6) is 6.06. The van der Waals surface area contributed by atoms with Crippen molar-refractivity contribution >= 4 is 5.91 Å². The zero-order chi connectivity index (χ0) is 20.8. The van der Waals surface area contributed by atoms with Gasteiger partial charge in [0.15, 0.2) is 5.69 Å². The summed E-state index contributed by atoms with van der Waals surface area (Å²) in [5.41, 5.74) is 6.04. The van der Waals surface area contributed by atoms with Crippen molar-refractivity contribution < 1.29 is 19.1 Å². The Morgan fingerprint density at radius 3 is 2.86 bits per heavy atom. The maximum atomic E-state index is 11.6. The predicted molar refractivity (Wildman–Crippen MR) is 101 cm³/mol. The number of carbonyl (C=O) groups excluding carboxylic acids is 1. The van der Waals surface area contributed by atoms with Crippen LogP contribution in [0, 0.1) is 18.8 Å². The van der Waals surface area contributed by atoms with Crippen LogP contribution in [0.4, 0.5) is 0 Å². The van der Waals surface area contributed by atoms with Crippen molar-refractivity contribution in [2.75, 3.05) is 6.61 Å². The van der Waals surface area contributed by atoms with E-state index < -0.39 is 11.5 Å². The third kappa shape index (κ3) is 3.46. The first-order valence-corrected chi connectivity index (χ1v) is 8.98. The monoisotopic (exact) mass is 393 g/mol. The lowest BCUT2D eigenvalue weighted by Gasteiger charge is -2.11. The minimum atomic E-state index is -1.60. The molecule has 0 bridgehead atoms. The second kappa shape index (κ2) is 6.76. The summed E-state index contributed by atoms with van der Waals surface area (Å²) in [7, 11) is 0. The average Bonchev–Trinajstić information content (AvgIpc) is 3.29. The Kier molecular flexibility index (Phi) is 4.36. The van der Waals surface area contributed by atoms with Crippen molar-refractivity contribution in [2.24, 2.45) is 5.73 Å². The number of primary amides is 1. The molecule has 0 saturated carbocycles. The van der Waals surface area contributed by atoms with Gasteiger partial charge >= 0.3 is 0 Å². The molecule has 0 fully saturated rings. The lowest BCUT2D eigenvalue weighted by molar-refractivity contribution is 0.0881. The van der Waals surface area contributed by atoms with Gasteiger partial charge in [-0.3, -0.25) is 4.79 Å². The van der Waals surface area contributed by atoms with Crippen LogP contribution in [0.3, 0.4) is 0 Å². The summed E-state index contributed by atoms with van der Waals surface area (Å²) < 4.78 is 12.8. The van der Waals surface area contributed by atoms with E-state index in [1.807, 2.05) is 6.92 Å². The molecule has 3 heterocycles.